The summed E-state index contributed by atoms with van der Waals surface area (Å²) >= 11 is 0. The Kier molecular flexibility index (Phi) is 4.05. The summed E-state index contributed by atoms with van der Waals surface area (Å²) < 4.78 is 1.79. The summed E-state index contributed by atoms with van der Waals surface area (Å²) in [4.78, 5) is 24.0. The quantitative estimate of drug-likeness (QED) is 0.770. The maximum atomic E-state index is 11.8. The van der Waals surface area contributed by atoms with Crippen LogP contribution < -0.4 is 10.6 Å². The summed E-state index contributed by atoms with van der Waals surface area (Å²) in [7, 11) is 0. The van der Waals surface area contributed by atoms with Crippen LogP contribution in [0, 0.1) is 0 Å². The van der Waals surface area contributed by atoms with E-state index in [9.17, 15) is 4.79 Å². The van der Waals surface area contributed by atoms with Crippen molar-refractivity contribution in [3.8, 4) is 5.82 Å². The van der Waals surface area contributed by atoms with Crippen molar-refractivity contribution >= 4 is 11.7 Å². The maximum Gasteiger partial charge on any atom is 0.319 e. The molecule has 0 unspecified atom stereocenters. The smallest absolute Gasteiger partial charge is 0.319 e. The van der Waals surface area contributed by atoms with Crippen LogP contribution in [-0.2, 0) is 6.54 Å². The van der Waals surface area contributed by atoms with Crippen LogP contribution in [0.2, 0.25) is 0 Å². The normalized spacial score (nSPS) is 10.2. The van der Waals surface area contributed by atoms with Crippen molar-refractivity contribution in [1.82, 2.24) is 24.8 Å². The number of amides is 2. The first-order valence-electron chi connectivity index (χ1n) is 6.69. The highest BCUT2D eigenvalue weighted by Crippen LogP contribution is 2.09. The number of imidazole rings is 1. The molecule has 3 aromatic rings. The summed E-state index contributed by atoms with van der Waals surface area (Å²) in [5, 5.41) is 5.50. The molecule has 0 saturated heterocycles. The average Bonchev–Trinajstić information content (AvgIpc) is 3.09. The van der Waals surface area contributed by atoms with Gasteiger partial charge in [0.25, 0.3) is 0 Å². The highest BCUT2D eigenvalue weighted by molar-refractivity contribution is 5.89. The summed E-state index contributed by atoms with van der Waals surface area (Å²) in [6, 6.07) is 7.01. The highest BCUT2D eigenvalue weighted by atomic mass is 16.2. The number of anilines is 1. The van der Waals surface area contributed by atoms with E-state index < -0.39 is 0 Å². The third kappa shape index (κ3) is 3.45. The van der Waals surface area contributed by atoms with Crippen LogP contribution in [0.3, 0.4) is 0 Å². The zero-order valence-electron chi connectivity index (χ0n) is 11.7. The Bertz CT molecular complexity index is 724. The second-order valence-electron chi connectivity index (χ2n) is 4.54. The Hall–Kier alpha value is -3.22. The van der Waals surface area contributed by atoms with E-state index >= 15 is 0 Å². The third-order valence-electron chi connectivity index (χ3n) is 2.98. The van der Waals surface area contributed by atoms with Gasteiger partial charge in [0.05, 0.1) is 11.9 Å². The van der Waals surface area contributed by atoms with Gasteiger partial charge in [-0.1, -0.05) is 0 Å². The number of rotatable bonds is 4. The first kappa shape index (κ1) is 13.7. The van der Waals surface area contributed by atoms with Crippen molar-refractivity contribution in [3.05, 3.63) is 67.1 Å². The van der Waals surface area contributed by atoms with E-state index in [1.807, 2.05) is 12.1 Å². The van der Waals surface area contributed by atoms with E-state index in [0.29, 0.717) is 12.2 Å². The molecule has 0 radical (unpaired) electrons. The molecule has 2 amide bonds. The number of pyridine rings is 2. The van der Waals surface area contributed by atoms with Gasteiger partial charge >= 0.3 is 6.03 Å². The molecule has 2 N–H and O–H groups in total. The van der Waals surface area contributed by atoms with Gasteiger partial charge in [-0.05, 0) is 29.8 Å². The predicted octanol–water partition coefficient (Wildman–Crippen LogP) is 1.98. The molecule has 7 nitrogen and oxygen atoms in total. The topological polar surface area (TPSA) is 84.7 Å². The fraction of sp³-hybridized carbons (Fsp3) is 0.0667. The van der Waals surface area contributed by atoms with Crippen LogP contribution in [0.25, 0.3) is 5.82 Å². The molecule has 3 heterocycles. The zero-order valence-corrected chi connectivity index (χ0v) is 11.7. The van der Waals surface area contributed by atoms with E-state index in [4.69, 9.17) is 0 Å². The lowest BCUT2D eigenvalue weighted by Gasteiger charge is -2.08. The van der Waals surface area contributed by atoms with Crippen LogP contribution in [0.5, 0.6) is 0 Å². The molecule has 110 valence electrons. The lowest BCUT2D eigenvalue weighted by atomic mass is 10.3. The molecule has 0 aliphatic rings. The first-order chi connectivity index (χ1) is 10.8. The van der Waals surface area contributed by atoms with Crippen molar-refractivity contribution in [2.45, 2.75) is 6.54 Å². The fourth-order valence-corrected chi connectivity index (χ4v) is 1.87. The van der Waals surface area contributed by atoms with Crippen LogP contribution >= 0.6 is 0 Å². The number of urea groups is 1. The Morgan fingerprint density at radius 2 is 1.95 bits per heavy atom. The molecule has 0 fully saturated rings. The lowest BCUT2D eigenvalue weighted by molar-refractivity contribution is 0.251. The van der Waals surface area contributed by atoms with E-state index in [2.05, 4.69) is 25.6 Å². The highest BCUT2D eigenvalue weighted by Gasteiger charge is 2.03. The molecule has 3 aromatic heterocycles. The van der Waals surface area contributed by atoms with Gasteiger partial charge in [-0.15, -0.1) is 0 Å². The Morgan fingerprint density at radius 1 is 1.09 bits per heavy atom. The molecule has 0 bridgehead atoms. The molecule has 0 aliphatic carbocycles. The third-order valence-corrected chi connectivity index (χ3v) is 2.98. The molecule has 0 atom stereocenters. The minimum atomic E-state index is -0.283. The van der Waals surface area contributed by atoms with Gasteiger partial charge in [-0.3, -0.25) is 9.55 Å². The van der Waals surface area contributed by atoms with E-state index in [1.54, 1.807) is 54.0 Å². The van der Waals surface area contributed by atoms with Crippen molar-refractivity contribution in [3.63, 3.8) is 0 Å². The van der Waals surface area contributed by atoms with Crippen molar-refractivity contribution in [2.24, 2.45) is 0 Å². The van der Waals surface area contributed by atoms with E-state index in [0.717, 1.165) is 11.4 Å². The molecular formula is C15H14N6O. The molecule has 0 spiro atoms. The van der Waals surface area contributed by atoms with Gasteiger partial charge in [-0.2, -0.15) is 0 Å². The molecule has 0 aromatic carbocycles. The molecule has 0 saturated carbocycles. The minimum Gasteiger partial charge on any atom is -0.334 e. The Labute approximate surface area is 127 Å². The molecule has 3 rings (SSSR count). The summed E-state index contributed by atoms with van der Waals surface area (Å²) in [6.45, 7) is 0.439. The van der Waals surface area contributed by atoms with Gasteiger partial charge in [0.15, 0.2) is 0 Å². The van der Waals surface area contributed by atoms with Crippen LogP contribution in [0.4, 0.5) is 10.5 Å². The maximum absolute atomic E-state index is 11.8. The van der Waals surface area contributed by atoms with E-state index in [-0.39, 0.29) is 6.03 Å². The van der Waals surface area contributed by atoms with Gasteiger partial charge in [-0.25, -0.2) is 14.8 Å². The SMILES string of the molecule is O=C(NCc1ccncc1)Nc1ccc(-n2ccnc2)nc1. The number of nitrogens with one attached hydrogen (secondary N) is 2. The lowest BCUT2D eigenvalue weighted by Crippen LogP contribution is -2.28. The van der Waals surface area contributed by atoms with Crippen molar-refractivity contribution < 1.29 is 4.79 Å². The molecule has 7 heteroatoms. The molecule has 0 aliphatic heterocycles. The zero-order chi connectivity index (χ0) is 15.2. The average molecular weight is 294 g/mol. The number of carbonyl (C=O) groups is 1. The van der Waals surface area contributed by atoms with Crippen molar-refractivity contribution in [2.75, 3.05) is 5.32 Å². The second kappa shape index (κ2) is 6.49. The van der Waals surface area contributed by atoms with Gasteiger partial charge in [0.2, 0.25) is 0 Å². The van der Waals surface area contributed by atoms with Gasteiger partial charge in [0.1, 0.15) is 12.1 Å². The first-order valence-corrected chi connectivity index (χ1v) is 6.69. The molecule has 22 heavy (non-hydrogen) atoms. The number of nitrogens with zero attached hydrogens (tertiary/aromatic N) is 4. The number of hydrogen-bond donors (Lipinski definition) is 2. The monoisotopic (exact) mass is 294 g/mol. The predicted molar refractivity (Wildman–Crippen MR) is 81.5 cm³/mol. The fourth-order valence-electron chi connectivity index (χ4n) is 1.87. The standard InChI is InChI=1S/C15H14N6O/c22-15(19-9-12-3-5-16-6-4-12)20-13-1-2-14(18-10-13)21-8-7-17-11-21/h1-8,10-11H,9H2,(H2,19,20,22). The van der Waals surface area contributed by atoms with Crippen molar-refractivity contribution in [1.29, 1.82) is 0 Å². The summed E-state index contributed by atoms with van der Waals surface area (Å²) in [6.07, 6.45) is 10.1. The van der Waals surface area contributed by atoms with Crippen LogP contribution in [-0.4, -0.2) is 25.6 Å². The number of aromatic nitrogens is 4. The van der Waals surface area contributed by atoms with Gasteiger partial charge < -0.3 is 10.6 Å². The summed E-state index contributed by atoms with van der Waals surface area (Å²) in [5.41, 5.74) is 1.61. The number of carbonyl (C=O) groups excluding carboxylic acids is 1. The van der Waals surface area contributed by atoms with E-state index in [1.165, 1.54) is 0 Å². The van der Waals surface area contributed by atoms with Gasteiger partial charge in [0, 0.05) is 31.3 Å². The van der Waals surface area contributed by atoms with Crippen LogP contribution in [0.1, 0.15) is 5.56 Å². The van der Waals surface area contributed by atoms with Crippen LogP contribution in [0.15, 0.2) is 61.6 Å². The second-order valence-corrected chi connectivity index (χ2v) is 4.54. The molecular weight excluding hydrogens is 280 g/mol. The number of hydrogen-bond acceptors (Lipinski definition) is 4. The minimum absolute atomic E-state index is 0.283. The Morgan fingerprint density at radius 3 is 2.64 bits per heavy atom. The largest absolute Gasteiger partial charge is 0.334 e. The summed E-state index contributed by atoms with van der Waals surface area (Å²) in [5.74, 6) is 0.736. The Balaban J connectivity index is 1.55.